The van der Waals surface area contributed by atoms with Crippen molar-refractivity contribution < 1.29 is 28.2 Å². The van der Waals surface area contributed by atoms with Gasteiger partial charge in [-0.1, -0.05) is 6.42 Å². The van der Waals surface area contributed by atoms with E-state index < -0.39 is 0 Å². The predicted molar refractivity (Wildman–Crippen MR) is 126 cm³/mol. The molecule has 1 atom stereocenters. The van der Waals surface area contributed by atoms with E-state index in [1.807, 2.05) is 6.07 Å². The van der Waals surface area contributed by atoms with E-state index in [1.54, 1.807) is 32.4 Å². The largest absolute Gasteiger partial charge is 0.493 e. The molecular weight excluding hydrogens is 437 g/mol. The van der Waals surface area contributed by atoms with Crippen LogP contribution < -0.4 is 14.2 Å². The number of halogens is 1. The van der Waals surface area contributed by atoms with Crippen molar-refractivity contribution in [2.45, 2.75) is 38.5 Å². The van der Waals surface area contributed by atoms with E-state index in [2.05, 4.69) is 4.90 Å². The van der Waals surface area contributed by atoms with Crippen molar-refractivity contribution in [3.63, 3.8) is 0 Å². The lowest BCUT2D eigenvalue weighted by molar-refractivity contribution is -0.140. The van der Waals surface area contributed by atoms with Crippen LogP contribution in [0.1, 0.15) is 48.0 Å². The summed E-state index contributed by atoms with van der Waals surface area (Å²) in [6, 6.07) is 9.45. The summed E-state index contributed by atoms with van der Waals surface area (Å²) in [5, 5.41) is 0. The van der Waals surface area contributed by atoms with Crippen LogP contribution in [0.2, 0.25) is 0 Å². The zero-order chi connectivity index (χ0) is 24.1. The number of esters is 1. The molecule has 2 aliphatic heterocycles. The molecule has 1 saturated heterocycles. The molecule has 182 valence electrons. The van der Waals surface area contributed by atoms with Gasteiger partial charge in [0.2, 0.25) is 0 Å². The first kappa shape index (κ1) is 24.2. The Morgan fingerprint density at radius 1 is 1.06 bits per heavy atom. The van der Waals surface area contributed by atoms with E-state index in [0.29, 0.717) is 29.2 Å². The summed E-state index contributed by atoms with van der Waals surface area (Å²) in [7, 11) is 3.15. The van der Waals surface area contributed by atoms with Crippen molar-refractivity contribution in [2.24, 2.45) is 11.8 Å². The Labute approximate surface area is 200 Å². The van der Waals surface area contributed by atoms with Gasteiger partial charge in [-0.3, -0.25) is 9.59 Å². The molecule has 0 aromatic heterocycles. The van der Waals surface area contributed by atoms with Gasteiger partial charge in [-0.2, -0.15) is 0 Å². The molecular formula is C27H32FNO5. The van der Waals surface area contributed by atoms with Gasteiger partial charge in [0, 0.05) is 17.5 Å². The van der Waals surface area contributed by atoms with Crippen LogP contribution in [-0.2, 0) is 11.2 Å². The van der Waals surface area contributed by atoms with Crippen molar-refractivity contribution in [1.82, 2.24) is 4.90 Å². The summed E-state index contributed by atoms with van der Waals surface area (Å²) in [6.07, 6.45) is 5.02. The number of benzene rings is 2. The first-order valence-corrected chi connectivity index (χ1v) is 12.0. The highest BCUT2D eigenvalue weighted by Crippen LogP contribution is 2.39. The summed E-state index contributed by atoms with van der Waals surface area (Å²) in [4.78, 5) is 27.5. The van der Waals surface area contributed by atoms with Crippen molar-refractivity contribution in [3.8, 4) is 17.2 Å². The first-order chi connectivity index (χ1) is 16.5. The number of likely N-dealkylation sites (tertiary alicyclic amines) is 1. The molecule has 0 spiro atoms. The van der Waals surface area contributed by atoms with Crippen LogP contribution in [0.25, 0.3) is 0 Å². The van der Waals surface area contributed by atoms with Gasteiger partial charge in [-0.15, -0.1) is 0 Å². The number of hydrogen-bond acceptors (Lipinski definition) is 6. The molecule has 34 heavy (non-hydrogen) atoms. The van der Waals surface area contributed by atoms with E-state index in [-0.39, 0.29) is 29.4 Å². The van der Waals surface area contributed by atoms with Crippen LogP contribution in [0.4, 0.5) is 4.39 Å². The Kier molecular flexibility index (Phi) is 7.83. The van der Waals surface area contributed by atoms with E-state index >= 15 is 0 Å². The maximum Gasteiger partial charge on any atom is 0.314 e. The lowest BCUT2D eigenvalue weighted by Gasteiger charge is -2.31. The van der Waals surface area contributed by atoms with Crippen LogP contribution in [0, 0.1) is 17.7 Å². The average molecular weight is 470 g/mol. The molecule has 0 saturated carbocycles. The molecule has 2 aromatic carbocycles. The number of ketones is 1. The molecule has 2 heterocycles. The summed E-state index contributed by atoms with van der Waals surface area (Å²) in [5.74, 6) is 1.22. The van der Waals surface area contributed by atoms with Gasteiger partial charge in [0.25, 0.3) is 0 Å². The highest BCUT2D eigenvalue weighted by atomic mass is 19.1. The van der Waals surface area contributed by atoms with Crippen LogP contribution in [0.15, 0.2) is 36.4 Å². The number of nitrogens with zero attached hydrogens (tertiary/aromatic N) is 1. The fourth-order valence-corrected chi connectivity index (χ4v) is 4.91. The minimum absolute atomic E-state index is 0.00871. The number of methoxy groups -OCH3 is 2. The summed E-state index contributed by atoms with van der Waals surface area (Å²) < 4.78 is 29.3. The molecule has 1 fully saturated rings. The van der Waals surface area contributed by atoms with E-state index in [0.717, 1.165) is 57.3 Å². The van der Waals surface area contributed by atoms with Crippen molar-refractivity contribution in [3.05, 3.63) is 53.3 Å². The second-order valence-electron chi connectivity index (χ2n) is 9.12. The summed E-state index contributed by atoms with van der Waals surface area (Å²) in [6.45, 7) is 2.73. The number of unbranched alkanes of at least 4 members (excludes halogenated alkanes) is 1. The highest BCUT2D eigenvalue weighted by Gasteiger charge is 2.30. The first-order valence-electron chi connectivity index (χ1n) is 12.0. The topological polar surface area (TPSA) is 65.1 Å². The molecule has 7 heteroatoms. The zero-order valence-electron chi connectivity index (χ0n) is 19.8. The van der Waals surface area contributed by atoms with Gasteiger partial charge in [0.1, 0.15) is 11.6 Å². The SMILES string of the molecule is COc1cc2c(cc1OC)OC(=O)C(CCCCN1CCC(C(=O)c3ccc(F)cc3)CC1)C2. The number of Topliss-reactive ketones (excluding diaryl/α,β-unsaturated/α-hetero) is 1. The lowest BCUT2D eigenvalue weighted by atomic mass is 9.88. The standard InChI is InChI=1S/C27H32FNO5/c1-32-24-16-21-15-20(27(31)34-23(21)17-25(24)33-2)5-3-4-12-29-13-10-19(11-14-29)26(30)18-6-8-22(28)9-7-18/h6-9,16-17,19-20H,3-5,10-15H2,1-2H3. The third kappa shape index (κ3) is 5.58. The van der Waals surface area contributed by atoms with Gasteiger partial charge in [0.05, 0.1) is 20.1 Å². The van der Waals surface area contributed by atoms with E-state index in [9.17, 15) is 14.0 Å². The van der Waals surface area contributed by atoms with Gasteiger partial charge in [0.15, 0.2) is 17.3 Å². The van der Waals surface area contributed by atoms with Gasteiger partial charge in [-0.05, 0) is 87.6 Å². The maximum atomic E-state index is 13.1. The normalized spacial score (nSPS) is 18.8. The van der Waals surface area contributed by atoms with E-state index in [1.165, 1.54) is 12.1 Å². The van der Waals surface area contributed by atoms with Crippen LogP contribution in [0.5, 0.6) is 17.2 Å². The smallest absolute Gasteiger partial charge is 0.314 e. The molecule has 6 nitrogen and oxygen atoms in total. The number of rotatable bonds is 9. The number of carbonyl (C=O) groups excluding carboxylic acids is 2. The van der Waals surface area contributed by atoms with Gasteiger partial charge >= 0.3 is 5.97 Å². The van der Waals surface area contributed by atoms with Crippen LogP contribution in [-0.4, -0.2) is 50.5 Å². The minimum atomic E-state index is -0.322. The predicted octanol–water partition coefficient (Wildman–Crippen LogP) is 4.69. The summed E-state index contributed by atoms with van der Waals surface area (Å²) in [5.41, 5.74) is 1.56. The third-order valence-electron chi connectivity index (χ3n) is 6.94. The van der Waals surface area contributed by atoms with Gasteiger partial charge < -0.3 is 19.1 Å². The quantitative estimate of drug-likeness (QED) is 0.230. The fraction of sp³-hybridized carbons (Fsp3) is 0.481. The number of fused-ring (bicyclic) bond motifs is 1. The Balaban J connectivity index is 1.20. The van der Waals surface area contributed by atoms with Crippen molar-refractivity contribution in [2.75, 3.05) is 33.9 Å². The number of hydrogen-bond donors (Lipinski definition) is 0. The second kappa shape index (κ2) is 11.0. The molecule has 0 aliphatic carbocycles. The maximum absolute atomic E-state index is 13.1. The molecule has 0 radical (unpaired) electrons. The molecule has 0 bridgehead atoms. The molecule has 2 aliphatic rings. The van der Waals surface area contributed by atoms with Gasteiger partial charge in [-0.25, -0.2) is 4.39 Å². The summed E-state index contributed by atoms with van der Waals surface area (Å²) >= 11 is 0. The lowest BCUT2D eigenvalue weighted by Crippen LogP contribution is -2.37. The molecule has 0 amide bonds. The second-order valence-corrected chi connectivity index (χ2v) is 9.12. The Hall–Kier alpha value is -2.93. The number of ether oxygens (including phenoxy) is 3. The Bertz CT molecular complexity index is 1010. The Morgan fingerprint density at radius 3 is 2.41 bits per heavy atom. The van der Waals surface area contributed by atoms with Crippen LogP contribution in [0.3, 0.4) is 0 Å². The van der Waals surface area contributed by atoms with E-state index in [4.69, 9.17) is 14.2 Å². The fourth-order valence-electron chi connectivity index (χ4n) is 4.91. The molecule has 4 rings (SSSR count). The molecule has 1 unspecified atom stereocenters. The van der Waals surface area contributed by atoms with Crippen molar-refractivity contribution in [1.29, 1.82) is 0 Å². The monoisotopic (exact) mass is 469 g/mol. The average Bonchev–Trinajstić information content (AvgIpc) is 2.86. The van der Waals surface area contributed by atoms with Crippen molar-refractivity contribution >= 4 is 11.8 Å². The number of piperidine rings is 1. The highest BCUT2D eigenvalue weighted by molar-refractivity contribution is 5.97. The molecule has 0 N–H and O–H groups in total. The Morgan fingerprint density at radius 2 is 1.74 bits per heavy atom. The third-order valence-corrected chi connectivity index (χ3v) is 6.94. The van der Waals surface area contributed by atoms with Crippen LogP contribution >= 0.6 is 0 Å². The number of carbonyl (C=O) groups is 2. The minimum Gasteiger partial charge on any atom is -0.493 e. The molecule has 2 aromatic rings. The zero-order valence-corrected chi connectivity index (χ0v) is 19.8.